The van der Waals surface area contributed by atoms with Crippen molar-refractivity contribution in [3.8, 4) is 11.5 Å². The molecule has 0 amide bonds. The van der Waals surface area contributed by atoms with Gasteiger partial charge in [0.15, 0.2) is 0 Å². The molecule has 0 aromatic heterocycles. The highest BCUT2D eigenvalue weighted by atomic mass is 16.5. The lowest BCUT2D eigenvalue weighted by atomic mass is 9.73. The van der Waals surface area contributed by atoms with Gasteiger partial charge in [0.1, 0.15) is 17.6 Å². The molecule has 1 aliphatic rings. The van der Waals surface area contributed by atoms with Crippen LogP contribution in [0, 0.1) is 5.92 Å². The molecule has 33 heavy (non-hydrogen) atoms. The maximum absolute atomic E-state index is 12.0. The fourth-order valence-corrected chi connectivity index (χ4v) is 4.42. The van der Waals surface area contributed by atoms with Crippen molar-refractivity contribution in [1.82, 2.24) is 0 Å². The fraction of sp³-hybridized carbons (Fsp3) is 0.519. The van der Waals surface area contributed by atoms with Gasteiger partial charge < -0.3 is 14.2 Å². The van der Waals surface area contributed by atoms with Crippen LogP contribution in [0.4, 0.5) is 0 Å². The van der Waals surface area contributed by atoms with E-state index in [2.05, 4.69) is 19.6 Å². The van der Waals surface area contributed by atoms with Crippen LogP contribution in [-0.2, 0) is 25.5 Å². The minimum Gasteiger partial charge on any atom is -0.463 e. The van der Waals surface area contributed by atoms with Crippen molar-refractivity contribution in [3.05, 3.63) is 47.1 Å². The van der Waals surface area contributed by atoms with Crippen molar-refractivity contribution in [2.75, 3.05) is 0 Å². The third-order valence-corrected chi connectivity index (χ3v) is 5.93. The first-order valence-corrected chi connectivity index (χ1v) is 11.5. The van der Waals surface area contributed by atoms with Crippen LogP contribution in [0.15, 0.2) is 35.9 Å². The van der Waals surface area contributed by atoms with E-state index in [-0.39, 0.29) is 23.9 Å². The molecule has 0 aliphatic heterocycles. The van der Waals surface area contributed by atoms with Crippen molar-refractivity contribution < 1.29 is 28.6 Å². The molecule has 1 aromatic rings. The average Bonchev–Trinajstić information content (AvgIpc) is 2.69. The lowest BCUT2D eigenvalue weighted by Gasteiger charge is -2.32. The standard InChI is InChI=1S/C27H36O6/c1-8-22(31-18(5)28)11-10-21-14-25(32-19(6)29)27(26(15-21)33-20(7)30)24-13-17(4)9-12-23(24)16(2)3/h13-15,22-24H,2,8-12H2,1,3-7H3/t22?,23-,24+/m0/s1. The Kier molecular flexibility index (Phi) is 9.44. The Morgan fingerprint density at radius 3 is 2.06 bits per heavy atom. The topological polar surface area (TPSA) is 78.9 Å². The molecule has 180 valence electrons. The number of carbonyl (C=O) groups excluding carboxylic acids is 3. The van der Waals surface area contributed by atoms with Crippen molar-refractivity contribution >= 4 is 17.9 Å². The maximum Gasteiger partial charge on any atom is 0.308 e. The first-order valence-electron chi connectivity index (χ1n) is 11.5. The molecule has 0 heterocycles. The lowest BCUT2D eigenvalue weighted by Crippen LogP contribution is -2.20. The molecular weight excluding hydrogens is 420 g/mol. The highest BCUT2D eigenvalue weighted by Gasteiger charge is 2.32. The first-order chi connectivity index (χ1) is 15.5. The number of ether oxygens (including phenoxy) is 3. The number of rotatable bonds is 9. The Labute approximate surface area is 197 Å². The van der Waals surface area contributed by atoms with E-state index < -0.39 is 11.9 Å². The highest BCUT2D eigenvalue weighted by molar-refractivity contribution is 5.73. The van der Waals surface area contributed by atoms with Gasteiger partial charge in [-0.05, 0) is 69.6 Å². The van der Waals surface area contributed by atoms with Gasteiger partial charge in [-0.3, -0.25) is 14.4 Å². The Balaban J connectivity index is 2.58. The molecule has 0 N–H and O–H groups in total. The zero-order chi connectivity index (χ0) is 24.7. The first kappa shape index (κ1) is 26.4. The second-order valence-corrected chi connectivity index (χ2v) is 8.90. The Bertz CT molecular complexity index is 905. The quantitative estimate of drug-likeness (QED) is 0.264. The molecule has 6 heteroatoms. The predicted octanol–water partition coefficient (Wildman–Crippen LogP) is 5.83. The Morgan fingerprint density at radius 2 is 1.61 bits per heavy atom. The number of hydrogen-bond acceptors (Lipinski definition) is 6. The van der Waals surface area contributed by atoms with Crippen LogP contribution >= 0.6 is 0 Å². The average molecular weight is 457 g/mol. The maximum atomic E-state index is 12.0. The Morgan fingerprint density at radius 1 is 1.03 bits per heavy atom. The second kappa shape index (κ2) is 11.8. The summed E-state index contributed by atoms with van der Waals surface area (Å²) < 4.78 is 16.7. The van der Waals surface area contributed by atoms with E-state index in [9.17, 15) is 14.4 Å². The summed E-state index contributed by atoms with van der Waals surface area (Å²) >= 11 is 0. The highest BCUT2D eigenvalue weighted by Crippen LogP contribution is 2.47. The van der Waals surface area contributed by atoms with Crippen LogP contribution < -0.4 is 9.47 Å². The third kappa shape index (κ3) is 7.58. The number of esters is 3. The van der Waals surface area contributed by atoms with E-state index in [0.717, 1.165) is 24.0 Å². The smallest absolute Gasteiger partial charge is 0.308 e. The SMILES string of the molecule is C=C(C)[C@@H]1CCC(C)=C[C@H]1c1c(OC(C)=O)cc(CCC(CC)OC(C)=O)cc1OC(C)=O. The molecule has 3 atom stereocenters. The van der Waals surface area contributed by atoms with Crippen LogP contribution in [0.5, 0.6) is 11.5 Å². The molecule has 6 nitrogen and oxygen atoms in total. The number of allylic oxidation sites excluding steroid dienone is 3. The van der Waals surface area contributed by atoms with Gasteiger partial charge >= 0.3 is 17.9 Å². The molecule has 0 fully saturated rings. The summed E-state index contributed by atoms with van der Waals surface area (Å²) in [5, 5.41) is 0. The normalized spacial score (nSPS) is 18.7. The molecule has 0 spiro atoms. The van der Waals surface area contributed by atoms with Crippen LogP contribution in [0.1, 0.15) is 84.3 Å². The van der Waals surface area contributed by atoms with E-state index in [1.165, 1.54) is 26.3 Å². The van der Waals surface area contributed by atoms with E-state index in [4.69, 9.17) is 14.2 Å². The summed E-state index contributed by atoms with van der Waals surface area (Å²) in [5.41, 5.74) is 3.78. The predicted molar refractivity (Wildman–Crippen MR) is 127 cm³/mol. The van der Waals surface area contributed by atoms with Crippen LogP contribution in [0.2, 0.25) is 0 Å². The summed E-state index contributed by atoms with van der Waals surface area (Å²) in [6.45, 7) is 14.3. The van der Waals surface area contributed by atoms with Crippen LogP contribution in [-0.4, -0.2) is 24.0 Å². The zero-order valence-corrected chi connectivity index (χ0v) is 20.7. The van der Waals surface area contributed by atoms with E-state index >= 15 is 0 Å². The molecule has 0 saturated carbocycles. The summed E-state index contributed by atoms with van der Waals surface area (Å²) in [5.74, 6) is -0.425. The molecule has 2 rings (SSSR count). The van der Waals surface area contributed by atoms with E-state index in [1.807, 2.05) is 26.0 Å². The van der Waals surface area contributed by atoms with Gasteiger partial charge in [0.2, 0.25) is 0 Å². The van der Waals surface area contributed by atoms with Crippen molar-refractivity contribution in [2.45, 2.75) is 85.7 Å². The van der Waals surface area contributed by atoms with Crippen molar-refractivity contribution in [3.63, 3.8) is 0 Å². The van der Waals surface area contributed by atoms with Crippen LogP contribution in [0.3, 0.4) is 0 Å². The van der Waals surface area contributed by atoms with Gasteiger partial charge in [-0.2, -0.15) is 0 Å². The third-order valence-electron chi connectivity index (χ3n) is 5.93. The van der Waals surface area contributed by atoms with Crippen molar-refractivity contribution in [2.24, 2.45) is 5.92 Å². The number of aryl methyl sites for hydroxylation is 1. The number of benzene rings is 1. The molecule has 1 unspecified atom stereocenters. The fourth-order valence-electron chi connectivity index (χ4n) is 4.42. The summed E-state index contributed by atoms with van der Waals surface area (Å²) in [7, 11) is 0. The van der Waals surface area contributed by atoms with Gasteiger partial charge in [-0.25, -0.2) is 0 Å². The molecule has 0 radical (unpaired) electrons. The minimum absolute atomic E-state index is 0.126. The lowest BCUT2D eigenvalue weighted by molar-refractivity contribution is -0.146. The summed E-state index contributed by atoms with van der Waals surface area (Å²) in [4.78, 5) is 35.3. The molecule has 1 aromatic carbocycles. The zero-order valence-electron chi connectivity index (χ0n) is 20.7. The van der Waals surface area contributed by atoms with Gasteiger partial charge in [-0.15, -0.1) is 0 Å². The molecular formula is C27H36O6. The summed E-state index contributed by atoms with van der Waals surface area (Å²) in [6, 6.07) is 3.66. The van der Waals surface area contributed by atoms with Crippen molar-refractivity contribution in [1.29, 1.82) is 0 Å². The summed E-state index contributed by atoms with van der Waals surface area (Å²) in [6.07, 6.45) is 5.69. The molecule has 1 aliphatic carbocycles. The Hall–Kier alpha value is -2.89. The van der Waals surface area contributed by atoms with Gasteiger partial charge in [0.05, 0.1) is 0 Å². The monoisotopic (exact) mass is 456 g/mol. The minimum atomic E-state index is -0.447. The number of carbonyl (C=O) groups is 3. The second-order valence-electron chi connectivity index (χ2n) is 8.90. The van der Waals surface area contributed by atoms with E-state index in [1.54, 1.807) is 0 Å². The van der Waals surface area contributed by atoms with Crippen LogP contribution in [0.25, 0.3) is 0 Å². The van der Waals surface area contributed by atoms with Gasteiger partial charge in [0, 0.05) is 32.3 Å². The molecule has 0 bridgehead atoms. The number of hydrogen-bond donors (Lipinski definition) is 0. The molecule has 0 saturated heterocycles. The van der Waals surface area contributed by atoms with E-state index in [0.29, 0.717) is 36.3 Å². The van der Waals surface area contributed by atoms with Gasteiger partial charge in [0.25, 0.3) is 0 Å². The van der Waals surface area contributed by atoms with Gasteiger partial charge in [-0.1, -0.05) is 30.7 Å². The largest absolute Gasteiger partial charge is 0.463 e.